The quantitative estimate of drug-likeness (QED) is 0.909. The van der Waals surface area contributed by atoms with E-state index in [2.05, 4.69) is 14.8 Å². The summed E-state index contributed by atoms with van der Waals surface area (Å²) in [7, 11) is 0. The van der Waals surface area contributed by atoms with Crippen molar-refractivity contribution in [2.45, 2.75) is 37.8 Å². The third-order valence-electron chi connectivity index (χ3n) is 4.54. The zero-order valence-electron chi connectivity index (χ0n) is 11.7. The highest BCUT2D eigenvalue weighted by Crippen LogP contribution is 2.28. The van der Waals surface area contributed by atoms with E-state index in [-0.39, 0.29) is 18.5 Å². The first-order chi connectivity index (χ1) is 9.79. The standard InChI is InChI=1S/C15H22FN3O/c16-14-6-1-7-17-15(14)19-9-3-4-12(19)10-18-8-2-5-13(18)11-20/h1,6-7,12-13,20H,2-5,8-11H2. The van der Waals surface area contributed by atoms with Gasteiger partial charge in [0.05, 0.1) is 6.61 Å². The zero-order chi connectivity index (χ0) is 13.9. The molecule has 1 aromatic rings. The lowest BCUT2D eigenvalue weighted by atomic mass is 10.2. The SMILES string of the molecule is OCC1CCCN1CC1CCCN1c1ncccc1F. The van der Waals surface area contributed by atoms with Gasteiger partial charge in [0, 0.05) is 31.4 Å². The largest absolute Gasteiger partial charge is 0.395 e. The van der Waals surface area contributed by atoms with Gasteiger partial charge in [0.2, 0.25) is 0 Å². The molecule has 110 valence electrons. The molecule has 0 spiro atoms. The Balaban J connectivity index is 1.71. The van der Waals surface area contributed by atoms with E-state index >= 15 is 0 Å². The summed E-state index contributed by atoms with van der Waals surface area (Å²) in [4.78, 5) is 8.66. The molecule has 1 N–H and O–H groups in total. The molecule has 0 amide bonds. The van der Waals surface area contributed by atoms with E-state index in [1.54, 1.807) is 12.3 Å². The number of hydrogen-bond donors (Lipinski definition) is 1. The Morgan fingerprint density at radius 2 is 2.05 bits per heavy atom. The highest BCUT2D eigenvalue weighted by atomic mass is 19.1. The number of rotatable bonds is 4. The third kappa shape index (κ3) is 2.65. The molecule has 2 aliphatic rings. The smallest absolute Gasteiger partial charge is 0.165 e. The van der Waals surface area contributed by atoms with Crippen molar-refractivity contribution < 1.29 is 9.50 Å². The summed E-state index contributed by atoms with van der Waals surface area (Å²) in [5.41, 5.74) is 0. The Bertz CT molecular complexity index is 456. The van der Waals surface area contributed by atoms with E-state index in [9.17, 15) is 9.50 Å². The molecule has 20 heavy (non-hydrogen) atoms. The second kappa shape index (κ2) is 6.06. The van der Waals surface area contributed by atoms with Gasteiger partial charge in [-0.25, -0.2) is 9.37 Å². The molecule has 3 heterocycles. The molecule has 0 aromatic carbocycles. The molecule has 3 rings (SSSR count). The molecule has 0 bridgehead atoms. The van der Waals surface area contributed by atoms with Gasteiger partial charge >= 0.3 is 0 Å². The fourth-order valence-electron chi connectivity index (χ4n) is 3.51. The van der Waals surface area contributed by atoms with Gasteiger partial charge in [0.15, 0.2) is 11.6 Å². The van der Waals surface area contributed by atoms with E-state index in [0.29, 0.717) is 11.9 Å². The van der Waals surface area contributed by atoms with Crippen LogP contribution in [0.2, 0.25) is 0 Å². The summed E-state index contributed by atoms with van der Waals surface area (Å²) >= 11 is 0. The highest BCUT2D eigenvalue weighted by molar-refractivity contribution is 5.42. The van der Waals surface area contributed by atoms with Gasteiger partial charge < -0.3 is 10.0 Å². The third-order valence-corrected chi connectivity index (χ3v) is 4.54. The minimum atomic E-state index is -0.237. The summed E-state index contributed by atoms with van der Waals surface area (Å²) in [6.07, 6.45) is 6.03. The molecular weight excluding hydrogens is 257 g/mol. The molecule has 4 nitrogen and oxygen atoms in total. The number of nitrogens with zero attached hydrogens (tertiary/aromatic N) is 3. The van der Waals surface area contributed by atoms with E-state index in [1.807, 2.05) is 0 Å². The summed E-state index contributed by atoms with van der Waals surface area (Å²) in [6.45, 7) is 3.04. The van der Waals surface area contributed by atoms with Crippen molar-refractivity contribution in [3.8, 4) is 0 Å². The second-order valence-electron chi connectivity index (χ2n) is 5.77. The van der Waals surface area contributed by atoms with Crippen molar-refractivity contribution in [2.75, 3.05) is 31.1 Å². The van der Waals surface area contributed by atoms with Gasteiger partial charge in [-0.1, -0.05) is 0 Å². The van der Waals surface area contributed by atoms with Crippen LogP contribution >= 0.6 is 0 Å². The molecular formula is C15H22FN3O. The van der Waals surface area contributed by atoms with Crippen LogP contribution in [-0.4, -0.2) is 53.3 Å². The average molecular weight is 279 g/mol. The molecule has 2 atom stereocenters. The maximum absolute atomic E-state index is 13.9. The van der Waals surface area contributed by atoms with Crippen LogP contribution in [0, 0.1) is 5.82 Å². The lowest BCUT2D eigenvalue weighted by Crippen LogP contribution is -2.44. The van der Waals surface area contributed by atoms with Crippen LogP contribution in [0.4, 0.5) is 10.2 Å². The van der Waals surface area contributed by atoms with Crippen molar-refractivity contribution in [3.63, 3.8) is 0 Å². The van der Waals surface area contributed by atoms with Crippen molar-refractivity contribution in [2.24, 2.45) is 0 Å². The van der Waals surface area contributed by atoms with Crippen molar-refractivity contribution in [1.82, 2.24) is 9.88 Å². The van der Waals surface area contributed by atoms with E-state index in [0.717, 1.165) is 45.3 Å². The normalized spacial score (nSPS) is 27.4. The monoisotopic (exact) mass is 279 g/mol. The van der Waals surface area contributed by atoms with Crippen LogP contribution in [0.1, 0.15) is 25.7 Å². The number of aliphatic hydroxyl groups excluding tert-OH is 1. The minimum Gasteiger partial charge on any atom is -0.395 e. The minimum absolute atomic E-state index is 0.227. The number of hydrogen-bond acceptors (Lipinski definition) is 4. The van der Waals surface area contributed by atoms with Crippen LogP contribution in [0.3, 0.4) is 0 Å². The van der Waals surface area contributed by atoms with Crippen LogP contribution < -0.4 is 4.90 Å². The van der Waals surface area contributed by atoms with E-state index < -0.39 is 0 Å². The molecule has 0 aliphatic carbocycles. The molecule has 1 aromatic heterocycles. The van der Waals surface area contributed by atoms with Gasteiger partial charge in [-0.15, -0.1) is 0 Å². The van der Waals surface area contributed by atoms with Crippen LogP contribution in [0.25, 0.3) is 0 Å². The fourth-order valence-corrected chi connectivity index (χ4v) is 3.51. The first kappa shape index (κ1) is 13.8. The van der Waals surface area contributed by atoms with Crippen molar-refractivity contribution in [3.05, 3.63) is 24.1 Å². The van der Waals surface area contributed by atoms with Gasteiger partial charge in [-0.2, -0.15) is 0 Å². The second-order valence-corrected chi connectivity index (χ2v) is 5.77. The van der Waals surface area contributed by atoms with Crippen LogP contribution in [0.15, 0.2) is 18.3 Å². The molecule has 2 aliphatic heterocycles. The number of aliphatic hydroxyl groups is 1. The lowest BCUT2D eigenvalue weighted by molar-refractivity contribution is 0.153. The number of aromatic nitrogens is 1. The van der Waals surface area contributed by atoms with Gasteiger partial charge in [-0.3, -0.25) is 4.90 Å². The van der Waals surface area contributed by atoms with E-state index in [4.69, 9.17) is 0 Å². The molecule has 2 unspecified atom stereocenters. The number of anilines is 1. The van der Waals surface area contributed by atoms with Gasteiger partial charge in [-0.05, 0) is 44.4 Å². The highest BCUT2D eigenvalue weighted by Gasteiger charge is 2.32. The fraction of sp³-hybridized carbons (Fsp3) is 0.667. The average Bonchev–Trinajstić information content (AvgIpc) is 3.09. The molecule has 0 radical (unpaired) electrons. The first-order valence-corrected chi connectivity index (χ1v) is 7.51. The number of likely N-dealkylation sites (tertiary alicyclic amines) is 1. The Morgan fingerprint density at radius 1 is 1.25 bits per heavy atom. The van der Waals surface area contributed by atoms with Gasteiger partial charge in [0.1, 0.15) is 0 Å². The topological polar surface area (TPSA) is 39.6 Å². The number of pyridine rings is 1. The van der Waals surface area contributed by atoms with Crippen LogP contribution in [0.5, 0.6) is 0 Å². The first-order valence-electron chi connectivity index (χ1n) is 7.51. The van der Waals surface area contributed by atoms with Gasteiger partial charge in [0.25, 0.3) is 0 Å². The van der Waals surface area contributed by atoms with Crippen molar-refractivity contribution in [1.29, 1.82) is 0 Å². The zero-order valence-corrected chi connectivity index (χ0v) is 11.7. The summed E-state index contributed by atoms with van der Waals surface area (Å²) in [5, 5.41) is 9.41. The Labute approximate surface area is 119 Å². The summed E-state index contributed by atoms with van der Waals surface area (Å²) in [6, 6.07) is 3.70. The molecule has 0 saturated carbocycles. The summed E-state index contributed by atoms with van der Waals surface area (Å²) in [5.74, 6) is 0.245. The molecule has 5 heteroatoms. The lowest BCUT2D eigenvalue weighted by Gasteiger charge is -2.32. The molecule has 2 fully saturated rings. The summed E-state index contributed by atoms with van der Waals surface area (Å²) < 4.78 is 13.9. The maximum Gasteiger partial charge on any atom is 0.165 e. The molecule has 2 saturated heterocycles. The van der Waals surface area contributed by atoms with E-state index in [1.165, 1.54) is 6.07 Å². The predicted molar refractivity (Wildman–Crippen MR) is 76.2 cm³/mol. The number of halogens is 1. The van der Waals surface area contributed by atoms with Crippen LogP contribution in [-0.2, 0) is 0 Å². The Hall–Kier alpha value is -1.20. The Morgan fingerprint density at radius 3 is 2.85 bits per heavy atom. The van der Waals surface area contributed by atoms with Crippen molar-refractivity contribution >= 4 is 5.82 Å². The maximum atomic E-state index is 13.9. The predicted octanol–water partition coefficient (Wildman–Crippen LogP) is 1.65. The Kier molecular flexibility index (Phi) is 4.17.